The largest absolute Gasteiger partial charge is 0.475 e. The number of furan rings is 1. The van der Waals surface area contributed by atoms with Crippen molar-refractivity contribution < 1.29 is 19.2 Å². The van der Waals surface area contributed by atoms with Crippen LogP contribution >= 0.6 is 0 Å². The van der Waals surface area contributed by atoms with Crippen LogP contribution in [-0.2, 0) is 0 Å². The van der Waals surface area contributed by atoms with Gasteiger partial charge in [-0.1, -0.05) is 0 Å². The first kappa shape index (κ1) is 9.13. The van der Waals surface area contributed by atoms with Crippen LogP contribution in [0.1, 0.15) is 10.6 Å². The van der Waals surface area contributed by atoms with Crippen LogP contribution in [0.2, 0.25) is 0 Å². The zero-order valence-corrected chi connectivity index (χ0v) is 7.21. The summed E-state index contributed by atoms with van der Waals surface area (Å²) in [6, 6.07) is 2.40. The van der Waals surface area contributed by atoms with Crippen molar-refractivity contribution in [2.45, 2.75) is 0 Å². The van der Waals surface area contributed by atoms with Crippen molar-refractivity contribution in [3.8, 4) is 0 Å². The number of nitrogens with zero attached hydrogens (tertiary/aromatic N) is 2. The molecule has 7 heteroatoms. The Bertz CT molecular complexity index is 547. The lowest BCUT2D eigenvalue weighted by molar-refractivity contribution is -0.385. The zero-order valence-electron chi connectivity index (χ0n) is 7.21. The molecule has 15 heavy (non-hydrogen) atoms. The molecule has 0 saturated heterocycles. The van der Waals surface area contributed by atoms with Crippen LogP contribution in [-0.4, -0.2) is 21.0 Å². The minimum absolute atomic E-state index is 0.0676. The Hall–Kier alpha value is -2.44. The van der Waals surface area contributed by atoms with Gasteiger partial charge >= 0.3 is 5.97 Å². The number of hydrogen-bond donors (Lipinski definition) is 1. The van der Waals surface area contributed by atoms with E-state index in [4.69, 9.17) is 9.52 Å². The minimum atomic E-state index is -1.24. The first-order chi connectivity index (χ1) is 7.08. The Morgan fingerprint density at radius 2 is 2.27 bits per heavy atom. The molecule has 0 unspecified atom stereocenters. The predicted molar refractivity (Wildman–Crippen MR) is 47.6 cm³/mol. The second-order valence-corrected chi connectivity index (χ2v) is 2.76. The number of carboxylic acid groups (broad SMARTS) is 1. The average Bonchev–Trinajstić information content (AvgIpc) is 2.59. The fraction of sp³-hybridized carbons (Fsp3) is 0. The van der Waals surface area contributed by atoms with Crippen molar-refractivity contribution in [3.05, 3.63) is 34.2 Å². The molecule has 76 valence electrons. The molecule has 0 amide bonds. The predicted octanol–water partition coefficient (Wildman–Crippen LogP) is 1.43. The van der Waals surface area contributed by atoms with Crippen LogP contribution in [0.4, 0.5) is 5.69 Å². The third-order valence-corrected chi connectivity index (χ3v) is 1.78. The summed E-state index contributed by atoms with van der Waals surface area (Å²) in [5.74, 6) is -1.53. The molecule has 0 fully saturated rings. The van der Waals surface area contributed by atoms with Crippen molar-refractivity contribution in [2.24, 2.45) is 0 Å². The van der Waals surface area contributed by atoms with Gasteiger partial charge in [-0.05, 0) is 0 Å². The number of carboxylic acids is 1. The highest BCUT2D eigenvalue weighted by Crippen LogP contribution is 2.21. The van der Waals surface area contributed by atoms with Gasteiger partial charge in [0.05, 0.1) is 4.92 Å². The molecule has 0 spiro atoms. The number of pyridine rings is 1. The van der Waals surface area contributed by atoms with E-state index in [9.17, 15) is 14.9 Å². The van der Waals surface area contributed by atoms with E-state index >= 15 is 0 Å². The van der Waals surface area contributed by atoms with Gasteiger partial charge in [-0.15, -0.1) is 0 Å². The molecule has 0 radical (unpaired) electrons. The van der Waals surface area contributed by atoms with Crippen molar-refractivity contribution in [1.82, 2.24) is 4.98 Å². The maximum atomic E-state index is 10.5. The van der Waals surface area contributed by atoms with Crippen molar-refractivity contribution >= 4 is 22.8 Å². The molecule has 0 atom stereocenters. The molecule has 1 N–H and O–H groups in total. The Kier molecular flexibility index (Phi) is 1.86. The molecule has 0 aliphatic carbocycles. The maximum absolute atomic E-state index is 10.5. The summed E-state index contributed by atoms with van der Waals surface area (Å²) < 4.78 is 4.83. The number of carbonyl (C=O) groups is 1. The van der Waals surface area contributed by atoms with E-state index in [1.54, 1.807) is 0 Å². The standard InChI is InChI=1S/C8H4N2O5/c11-8(12)6-2-4-1-5(10(13)14)3-9-7(4)15-6/h1-3H,(H,11,12). The first-order valence-electron chi connectivity index (χ1n) is 3.85. The highest BCUT2D eigenvalue weighted by molar-refractivity contribution is 5.90. The van der Waals surface area contributed by atoms with E-state index < -0.39 is 10.9 Å². The number of aromatic carboxylic acids is 1. The van der Waals surface area contributed by atoms with Crippen LogP contribution in [0.3, 0.4) is 0 Å². The van der Waals surface area contributed by atoms with Crippen LogP contribution in [0.15, 0.2) is 22.7 Å². The lowest BCUT2D eigenvalue weighted by Crippen LogP contribution is -1.91. The molecule has 0 bridgehead atoms. The number of nitro groups is 1. The Labute approximate surface area is 82.1 Å². The van der Waals surface area contributed by atoms with Gasteiger partial charge in [0.2, 0.25) is 11.5 Å². The molecule has 2 heterocycles. The highest BCUT2D eigenvalue weighted by atomic mass is 16.6. The summed E-state index contributed by atoms with van der Waals surface area (Å²) >= 11 is 0. The van der Waals surface area contributed by atoms with Gasteiger partial charge in [-0.3, -0.25) is 10.1 Å². The summed E-state index contributed by atoms with van der Waals surface area (Å²) in [6.07, 6.45) is 1.01. The Morgan fingerprint density at radius 1 is 1.53 bits per heavy atom. The third-order valence-electron chi connectivity index (χ3n) is 1.78. The maximum Gasteiger partial charge on any atom is 0.371 e. The lowest BCUT2D eigenvalue weighted by Gasteiger charge is -1.88. The van der Waals surface area contributed by atoms with Gasteiger partial charge < -0.3 is 9.52 Å². The number of fused-ring (bicyclic) bond motifs is 1. The summed E-state index contributed by atoms with van der Waals surface area (Å²) in [6.45, 7) is 0. The van der Waals surface area contributed by atoms with Crippen LogP contribution in [0.25, 0.3) is 11.1 Å². The SMILES string of the molecule is O=C(O)c1cc2cc([N+](=O)[O-])cnc2o1. The molecule has 2 aromatic rings. The van der Waals surface area contributed by atoms with Gasteiger partial charge in [0.25, 0.3) is 5.69 Å². The van der Waals surface area contributed by atoms with Crippen LogP contribution in [0.5, 0.6) is 0 Å². The van der Waals surface area contributed by atoms with E-state index in [0.717, 1.165) is 6.20 Å². The molecular weight excluding hydrogens is 204 g/mol. The molecule has 2 rings (SSSR count). The second kappa shape index (κ2) is 3.05. The molecule has 7 nitrogen and oxygen atoms in total. The molecule has 2 aromatic heterocycles. The summed E-state index contributed by atoms with van der Waals surface area (Å²) in [5.41, 5.74) is -0.141. The van der Waals surface area contributed by atoms with E-state index in [0.29, 0.717) is 5.39 Å². The smallest absolute Gasteiger partial charge is 0.371 e. The van der Waals surface area contributed by atoms with Crippen molar-refractivity contribution in [3.63, 3.8) is 0 Å². The lowest BCUT2D eigenvalue weighted by atomic mass is 10.3. The molecule has 0 aliphatic heterocycles. The van der Waals surface area contributed by atoms with Gasteiger partial charge in [0.15, 0.2) is 0 Å². The molecular formula is C8H4N2O5. The zero-order chi connectivity index (χ0) is 11.0. The molecule has 0 aromatic carbocycles. The molecule has 0 saturated carbocycles. The summed E-state index contributed by atoms with van der Waals surface area (Å²) in [4.78, 5) is 24.0. The van der Waals surface area contributed by atoms with Crippen molar-refractivity contribution in [2.75, 3.05) is 0 Å². The van der Waals surface area contributed by atoms with Crippen LogP contribution < -0.4 is 0 Å². The quantitative estimate of drug-likeness (QED) is 0.590. The Morgan fingerprint density at radius 3 is 2.87 bits per heavy atom. The fourth-order valence-corrected chi connectivity index (χ4v) is 1.13. The molecule has 0 aliphatic rings. The van der Waals surface area contributed by atoms with Gasteiger partial charge in [0.1, 0.15) is 6.20 Å². The van der Waals surface area contributed by atoms with E-state index in [1.165, 1.54) is 12.1 Å². The fourth-order valence-electron chi connectivity index (χ4n) is 1.13. The van der Waals surface area contributed by atoms with Gasteiger partial charge in [-0.25, -0.2) is 9.78 Å². The summed E-state index contributed by atoms with van der Waals surface area (Å²) in [5, 5.41) is 19.3. The highest BCUT2D eigenvalue weighted by Gasteiger charge is 2.14. The second-order valence-electron chi connectivity index (χ2n) is 2.76. The normalized spacial score (nSPS) is 10.4. The van der Waals surface area contributed by atoms with Gasteiger partial charge in [-0.2, -0.15) is 0 Å². The van der Waals surface area contributed by atoms with Gasteiger partial charge in [0, 0.05) is 17.5 Å². The van der Waals surface area contributed by atoms with Crippen molar-refractivity contribution in [1.29, 1.82) is 0 Å². The topological polar surface area (TPSA) is 106 Å². The average molecular weight is 208 g/mol. The number of rotatable bonds is 2. The monoisotopic (exact) mass is 208 g/mol. The third kappa shape index (κ3) is 1.50. The van der Waals surface area contributed by atoms with E-state index in [2.05, 4.69) is 4.98 Å². The van der Waals surface area contributed by atoms with E-state index in [1.807, 2.05) is 0 Å². The minimum Gasteiger partial charge on any atom is -0.475 e. The summed E-state index contributed by atoms with van der Waals surface area (Å²) in [7, 11) is 0. The number of hydrogen-bond acceptors (Lipinski definition) is 5. The van der Waals surface area contributed by atoms with Crippen LogP contribution in [0, 0.1) is 10.1 Å². The Balaban J connectivity index is 2.62. The first-order valence-corrected chi connectivity index (χ1v) is 3.85. The number of aromatic nitrogens is 1. The van der Waals surface area contributed by atoms with E-state index in [-0.39, 0.29) is 17.2 Å².